The van der Waals surface area contributed by atoms with E-state index in [0.29, 0.717) is 24.4 Å². The number of hydrogen-bond donors (Lipinski definition) is 1. The third-order valence-corrected chi connectivity index (χ3v) is 6.47. The van der Waals surface area contributed by atoms with E-state index in [1.54, 1.807) is 23.6 Å². The van der Waals surface area contributed by atoms with Crippen LogP contribution in [0.3, 0.4) is 0 Å². The van der Waals surface area contributed by atoms with Crippen LogP contribution in [-0.4, -0.2) is 25.2 Å². The lowest BCUT2D eigenvalue weighted by Crippen LogP contribution is -2.26. The number of nitrogens with two attached hydrogens (primary N) is 1. The maximum absolute atomic E-state index is 14.8. The number of aromatic nitrogens is 4. The van der Waals surface area contributed by atoms with Gasteiger partial charge in [0.2, 0.25) is 5.06 Å². The molecule has 1 aliphatic rings. The van der Waals surface area contributed by atoms with Gasteiger partial charge in [0.1, 0.15) is 11.6 Å². The summed E-state index contributed by atoms with van der Waals surface area (Å²) in [7, 11) is 0. The molecule has 5 rings (SSSR count). The average Bonchev–Trinajstić information content (AvgIpc) is 3.45. The highest BCUT2D eigenvalue weighted by molar-refractivity contribution is 7.15. The maximum Gasteiger partial charge on any atom is 0.351 e. The average molecular weight is 469 g/mol. The molecule has 168 valence electrons. The number of ether oxygens (including phenoxy) is 1. The Balaban J connectivity index is 1.45. The Hall–Kier alpha value is -3.86. The molecule has 0 saturated heterocycles. The summed E-state index contributed by atoms with van der Waals surface area (Å²) >= 11 is 0.920. The molecule has 1 amide bonds. The second-order valence-electron chi connectivity index (χ2n) is 7.56. The second-order valence-corrected chi connectivity index (χ2v) is 8.52. The number of nitrogens with zero attached hydrogens (tertiary/aromatic N) is 4. The van der Waals surface area contributed by atoms with Gasteiger partial charge in [-0.15, -0.1) is 5.10 Å². The van der Waals surface area contributed by atoms with E-state index in [1.165, 1.54) is 24.3 Å². The minimum absolute atomic E-state index is 0.0642. The molecule has 3 heterocycles. The number of carbonyl (C=O) groups is 1. The molecule has 4 aromatic rings. The molecule has 0 radical (unpaired) electrons. The smallest absolute Gasteiger partial charge is 0.351 e. The van der Waals surface area contributed by atoms with Crippen LogP contribution in [0, 0.1) is 18.6 Å². The number of thiazole rings is 1. The number of rotatable bonds is 5. The van der Waals surface area contributed by atoms with Gasteiger partial charge in [0.05, 0.1) is 17.4 Å². The largest absolute Gasteiger partial charge is 0.442 e. The lowest BCUT2D eigenvalue weighted by Gasteiger charge is -2.12. The molecule has 2 N–H and O–H groups in total. The normalized spacial score (nSPS) is 14.9. The van der Waals surface area contributed by atoms with Crippen molar-refractivity contribution in [3.8, 4) is 16.5 Å². The minimum atomic E-state index is -0.712. The Morgan fingerprint density at radius 3 is 2.64 bits per heavy atom. The zero-order valence-corrected chi connectivity index (χ0v) is 18.1. The van der Waals surface area contributed by atoms with Gasteiger partial charge in [0.25, 0.3) is 5.91 Å². The highest BCUT2D eigenvalue weighted by Crippen LogP contribution is 2.34. The third kappa shape index (κ3) is 3.69. The number of halogens is 2. The SMILES string of the molecule is Cc1nc(C(N)=O)sc1Oc1ccc(-n2nc3n(c2=O)C(c2ccc(F)cc2)CC3)cc1F. The summed E-state index contributed by atoms with van der Waals surface area (Å²) in [6.07, 6.45) is 1.24. The number of benzene rings is 2. The Labute approximate surface area is 189 Å². The zero-order chi connectivity index (χ0) is 23.3. The first-order valence-corrected chi connectivity index (χ1v) is 10.8. The molecule has 0 fully saturated rings. The first-order valence-electron chi connectivity index (χ1n) is 10.0. The van der Waals surface area contributed by atoms with E-state index in [2.05, 4.69) is 10.1 Å². The van der Waals surface area contributed by atoms with Gasteiger partial charge in [-0.2, -0.15) is 4.68 Å². The predicted octanol–water partition coefficient (Wildman–Crippen LogP) is 3.50. The fourth-order valence-electron chi connectivity index (χ4n) is 3.85. The number of carbonyl (C=O) groups excluding carboxylic acids is 1. The number of amides is 1. The molecule has 1 aliphatic heterocycles. The molecule has 11 heteroatoms. The van der Waals surface area contributed by atoms with E-state index in [-0.39, 0.29) is 33.4 Å². The van der Waals surface area contributed by atoms with Crippen LogP contribution in [0.2, 0.25) is 0 Å². The molecular formula is C22H17F2N5O3S. The molecule has 8 nitrogen and oxygen atoms in total. The second kappa shape index (κ2) is 7.93. The number of fused-ring (bicyclic) bond motifs is 1. The fraction of sp³-hybridized carbons (Fsp3) is 0.182. The Bertz CT molecular complexity index is 1440. The van der Waals surface area contributed by atoms with E-state index in [1.807, 2.05) is 0 Å². The predicted molar refractivity (Wildman–Crippen MR) is 116 cm³/mol. The molecule has 0 spiro atoms. The third-order valence-electron chi connectivity index (χ3n) is 5.42. The number of hydrogen-bond acceptors (Lipinski definition) is 6. The van der Waals surface area contributed by atoms with Crippen molar-refractivity contribution in [2.75, 3.05) is 0 Å². The topological polar surface area (TPSA) is 105 Å². The molecule has 2 aromatic carbocycles. The lowest BCUT2D eigenvalue weighted by atomic mass is 10.1. The van der Waals surface area contributed by atoms with Crippen LogP contribution in [0.5, 0.6) is 10.8 Å². The highest BCUT2D eigenvalue weighted by Gasteiger charge is 2.29. The molecule has 1 unspecified atom stereocenters. The Morgan fingerprint density at radius 1 is 1.21 bits per heavy atom. The zero-order valence-electron chi connectivity index (χ0n) is 17.3. The first kappa shape index (κ1) is 21.0. The van der Waals surface area contributed by atoms with Crippen LogP contribution < -0.4 is 16.2 Å². The maximum atomic E-state index is 14.8. The van der Waals surface area contributed by atoms with E-state index >= 15 is 0 Å². The van der Waals surface area contributed by atoms with Crippen molar-refractivity contribution in [2.45, 2.75) is 25.8 Å². The van der Waals surface area contributed by atoms with Crippen LogP contribution in [0.15, 0.2) is 47.3 Å². The highest BCUT2D eigenvalue weighted by atomic mass is 32.1. The monoisotopic (exact) mass is 469 g/mol. The molecule has 1 atom stereocenters. The van der Waals surface area contributed by atoms with Crippen molar-refractivity contribution in [3.05, 3.63) is 86.7 Å². The van der Waals surface area contributed by atoms with Crippen molar-refractivity contribution in [3.63, 3.8) is 0 Å². The standard InChI is InChI=1S/C22H17F2N5O3S/c1-11-21(33-20(26-11)19(25)30)32-17-8-6-14(10-15(17)24)29-22(31)28-16(7-9-18(28)27-29)12-2-4-13(23)5-3-12/h2-6,8,10,16H,7,9H2,1H3,(H2,25,30). The van der Waals surface area contributed by atoms with Crippen molar-refractivity contribution in [1.29, 1.82) is 0 Å². The summed E-state index contributed by atoms with van der Waals surface area (Å²) in [6, 6.07) is 9.79. The van der Waals surface area contributed by atoms with E-state index in [0.717, 1.165) is 27.6 Å². The van der Waals surface area contributed by atoms with Gasteiger partial charge in [0.15, 0.2) is 16.6 Å². The van der Waals surface area contributed by atoms with Gasteiger partial charge in [-0.3, -0.25) is 9.36 Å². The quantitative estimate of drug-likeness (QED) is 0.482. The van der Waals surface area contributed by atoms with Crippen LogP contribution in [0.25, 0.3) is 5.69 Å². The summed E-state index contributed by atoms with van der Waals surface area (Å²) in [5.41, 5.74) is 6.27. The van der Waals surface area contributed by atoms with Crippen molar-refractivity contribution < 1.29 is 18.3 Å². The molecule has 0 bridgehead atoms. The number of primary amides is 1. The molecule has 0 saturated carbocycles. The van der Waals surface area contributed by atoms with Crippen LogP contribution in [0.1, 0.15) is 39.3 Å². The molecular weight excluding hydrogens is 452 g/mol. The summed E-state index contributed by atoms with van der Waals surface area (Å²) in [6.45, 7) is 1.62. The first-order chi connectivity index (χ1) is 15.8. The van der Waals surface area contributed by atoms with Gasteiger partial charge >= 0.3 is 5.69 Å². The van der Waals surface area contributed by atoms with Crippen molar-refractivity contribution >= 4 is 17.2 Å². The van der Waals surface area contributed by atoms with Crippen molar-refractivity contribution in [2.24, 2.45) is 5.73 Å². The number of aryl methyl sites for hydroxylation is 2. The lowest BCUT2D eigenvalue weighted by molar-refractivity contribution is 0.1000. The fourth-order valence-corrected chi connectivity index (χ4v) is 4.64. The van der Waals surface area contributed by atoms with Crippen LogP contribution in [-0.2, 0) is 6.42 Å². The summed E-state index contributed by atoms with van der Waals surface area (Å²) in [4.78, 5) is 28.4. The summed E-state index contributed by atoms with van der Waals surface area (Å²) in [5.74, 6) is -1.27. The summed E-state index contributed by atoms with van der Waals surface area (Å²) < 4.78 is 36.4. The van der Waals surface area contributed by atoms with Gasteiger partial charge in [-0.25, -0.2) is 18.6 Å². The Morgan fingerprint density at radius 2 is 1.97 bits per heavy atom. The van der Waals surface area contributed by atoms with Gasteiger partial charge in [0, 0.05) is 12.5 Å². The van der Waals surface area contributed by atoms with Crippen molar-refractivity contribution in [1.82, 2.24) is 19.3 Å². The van der Waals surface area contributed by atoms with Gasteiger partial charge in [-0.1, -0.05) is 23.5 Å². The van der Waals surface area contributed by atoms with E-state index < -0.39 is 17.4 Å². The molecule has 2 aromatic heterocycles. The summed E-state index contributed by atoms with van der Waals surface area (Å²) in [5, 5.41) is 4.68. The van der Waals surface area contributed by atoms with Crippen LogP contribution >= 0.6 is 11.3 Å². The Kier molecular flexibility index (Phi) is 5.05. The molecule has 0 aliphatic carbocycles. The van der Waals surface area contributed by atoms with Gasteiger partial charge in [-0.05, 0) is 43.2 Å². The molecule has 33 heavy (non-hydrogen) atoms. The van der Waals surface area contributed by atoms with Crippen LogP contribution in [0.4, 0.5) is 8.78 Å². The van der Waals surface area contributed by atoms with E-state index in [9.17, 15) is 18.4 Å². The van der Waals surface area contributed by atoms with E-state index in [4.69, 9.17) is 10.5 Å². The van der Waals surface area contributed by atoms with Gasteiger partial charge < -0.3 is 10.5 Å². The minimum Gasteiger partial charge on any atom is -0.442 e.